The SMILES string of the molecule is CC1(CNC(=O)c2ccc(C(F)(F)F)cc2)CCOCC1. The summed E-state index contributed by atoms with van der Waals surface area (Å²) in [7, 11) is 0. The van der Waals surface area contributed by atoms with Gasteiger partial charge in [-0.25, -0.2) is 0 Å². The van der Waals surface area contributed by atoms with Crippen molar-refractivity contribution in [1.29, 1.82) is 0 Å². The van der Waals surface area contributed by atoms with Crippen LogP contribution in [0.1, 0.15) is 35.7 Å². The Hall–Kier alpha value is -1.56. The Balaban J connectivity index is 1.94. The lowest BCUT2D eigenvalue weighted by atomic mass is 9.82. The number of rotatable bonds is 3. The van der Waals surface area contributed by atoms with Gasteiger partial charge < -0.3 is 10.1 Å². The van der Waals surface area contributed by atoms with Crippen molar-refractivity contribution in [2.75, 3.05) is 19.8 Å². The number of carbonyl (C=O) groups is 1. The van der Waals surface area contributed by atoms with Gasteiger partial charge in [-0.1, -0.05) is 6.92 Å². The summed E-state index contributed by atoms with van der Waals surface area (Å²) >= 11 is 0. The quantitative estimate of drug-likeness (QED) is 0.930. The van der Waals surface area contributed by atoms with Gasteiger partial charge >= 0.3 is 6.18 Å². The molecule has 0 aliphatic carbocycles. The van der Waals surface area contributed by atoms with Crippen LogP contribution < -0.4 is 5.32 Å². The molecule has 21 heavy (non-hydrogen) atoms. The molecular formula is C15H18F3NO2. The van der Waals surface area contributed by atoms with Crippen LogP contribution in [0.4, 0.5) is 13.2 Å². The molecule has 1 aliphatic heterocycles. The minimum Gasteiger partial charge on any atom is -0.381 e. The van der Waals surface area contributed by atoms with E-state index in [-0.39, 0.29) is 16.9 Å². The van der Waals surface area contributed by atoms with Gasteiger partial charge in [-0.3, -0.25) is 4.79 Å². The third kappa shape index (κ3) is 4.20. The third-order valence-electron chi connectivity index (χ3n) is 3.85. The number of nitrogens with one attached hydrogen (secondary N) is 1. The van der Waals surface area contributed by atoms with E-state index < -0.39 is 11.7 Å². The van der Waals surface area contributed by atoms with E-state index in [2.05, 4.69) is 12.2 Å². The summed E-state index contributed by atoms with van der Waals surface area (Å²) < 4.78 is 42.6. The largest absolute Gasteiger partial charge is 0.416 e. The first-order chi connectivity index (χ1) is 9.80. The summed E-state index contributed by atoms with van der Waals surface area (Å²) in [6.07, 6.45) is -2.66. The van der Waals surface area contributed by atoms with Crippen molar-refractivity contribution in [1.82, 2.24) is 5.32 Å². The zero-order valence-corrected chi connectivity index (χ0v) is 11.8. The highest BCUT2D eigenvalue weighted by Crippen LogP contribution is 2.30. The van der Waals surface area contributed by atoms with Gasteiger partial charge in [0, 0.05) is 25.3 Å². The van der Waals surface area contributed by atoms with E-state index in [1.165, 1.54) is 12.1 Å². The van der Waals surface area contributed by atoms with Gasteiger partial charge in [-0.2, -0.15) is 13.2 Å². The van der Waals surface area contributed by atoms with Crippen LogP contribution in [0.5, 0.6) is 0 Å². The molecule has 1 aromatic rings. The molecule has 116 valence electrons. The molecule has 1 fully saturated rings. The standard InChI is InChI=1S/C15H18F3NO2/c1-14(6-8-21-9-7-14)10-19-13(20)11-2-4-12(5-3-11)15(16,17)18/h2-5H,6-10H2,1H3,(H,19,20). The summed E-state index contributed by atoms with van der Waals surface area (Å²) in [5.41, 5.74) is -0.533. The summed E-state index contributed by atoms with van der Waals surface area (Å²) in [6.45, 7) is 3.91. The molecule has 0 atom stereocenters. The summed E-state index contributed by atoms with van der Waals surface area (Å²) in [4.78, 5) is 12.0. The second-order valence-corrected chi connectivity index (χ2v) is 5.68. The Morgan fingerprint density at radius 3 is 2.33 bits per heavy atom. The van der Waals surface area contributed by atoms with Gasteiger partial charge in [0.1, 0.15) is 0 Å². The topological polar surface area (TPSA) is 38.3 Å². The van der Waals surface area contributed by atoms with E-state index in [0.29, 0.717) is 19.8 Å². The zero-order valence-electron chi connectivity index (χ0n) is 11.8. The van der Waals surface area contributed by atoms with Gasteiger partial charge in [-0.15, -0.1) is 0 Å². The fourth-order valence-electron chi connectivity index (χ4n) is 2.25. The fraction of sp³-hybridized carbons (Fsp3) is 0.533. The van der Waals surface area contributed by atoms with Crippen LogP contribution in [0, 0.1) is 5.41 Å². The van der Waals surface area contributed by atoms with Gasteiger partial charge in [0.15, 0.2) is 0 Å². The minimum atomic E-state index is -4.38. The molecule has 1 saturated heterocycles. The average molecular weight is 301 g/mol. The second-order valence-electron chi connectivity index (χ2n) is 5.68. The normalized spacial score (nSPS) is 18.3. The van der Waals surface area contributed by atoms with Gasteiger partial charge in [0.05, 0.1) is 5.56 Å². The molecule has 1 aromatic carbocycles. The van der Waals surface area contributed by atoms with Crippen molar-refractivity contribution in [2.24, 2.45) is 5.41 Å². The first-order valence-corrected chi connectivity index (χ1v) is 6.83. The Kier molecular flexibility index (Phi) is 4.56. The number of benzene rings is 1. The third-order valence-corrected chi connectivity index (χ3v) is 3.85. The number of amides is 1. The molecule has 1 amide bonds. The van der Waals surface area contributed by atoms with E-state index in [9.17, 15) is 18.0 Å². The molecule has 0 bridgehead atoms. The summed E-state index contributed by atoms with van der Waals surface area (Å²) in [6, 6.07) is 4.24. The molecule has 0 spiro atoms. The van der Waals surface area contributed by atoms with Crippen molar-refractivity contribution in [2.45, 2.75) is 25.9 Å². The molecule has 1 N–H and O–H groups in total. The molecular weight excluding hydrogens is 283 g/mol. The van der Waals surface area contributed by atoms with E-state index in [4.69, 9.17) is 4.74 Å². The number of hydrogen-bond acceptors (Lipinski definition) is 2. The predicted octanol–water partition coefficient (Wildman–Crippen LogP) is 3.25. The highest BCUT2D eigenvalue weighted by Gasteiger charge is 2.30. The van der Waals surface area contributed by atoms with Crippen LogP contribution in [0.3, 0.4) is 0 Å². The van der Waals surface area contributed by atoms with Crippen LogP contribution in [-0.4, -0.2) is 25.7 Å². The van der Waals surface area contributed by atoms with Crippen molar-refractivity contribution < 1.29 is 22.7 Å². The van der Waals surface area contributed by atoms with Crippen LogP contribution in [-0.2, 0) is 10.9 Å². The maximum absolute atomic E-state index is 12.4. The van der Waals surface area contributed by atoms with Gasteiger partial charge in [-0.05, 0) is 42.5 Å². The Morgan fingerprint density at radius 1 is 1.24 bits per heavy atom. The zero-order chi connectivity index (χ0) is 15.5. The van der Waals surface area contributed by atoms with Crippen molar-refractivity contribution in [3.05, 3.63) is 35.4 Å². The maximum Gasteiger partial charge on any atom is 0.416 e. The molecule has 0 saturated carbocycles. The minimum absolute atomic E-state index is 0.0141. The maximum atomic E-state index is 12.4. The number of alkyl halides is 3. The first kappa shape index (κ1) is 15.8. The van der Waals surface area contributed by atoms with Crippen LogP contribution in [0.15, 0.2) is 24.3 Å². The van der Waals surface area contributed by atoms with E-state index in [1.807, 2.05) is 0 Å². The average Bonchev–Trinajstić information content (AvgIpc) is 2.45. The molecule has 0 radical (unpaired) electrons. The lowest BCUT2D eigenvalue weighted by molar-refractivity contribution is -0.137. The molecule has 3 nitrogen and oxygen atoms in total. The lowest BCUT2D eigenvalue weighted by Gasteiger charge is -2.33. The van der Waals surface area contributed by atoms with E-state index in [0.717, 1.165) is 25.0 Å². The van der Waals surface area contributed by atoms with E-state index in [1.54, 1.807) is 0 Å². The molecule has 1 aliphatic rings. The Morgan fingerprint density at radius 2 is 1.81 bits per heavy atom. The smallest absolute Gasteiger partial charge is 0.381 e. The highest BCUT2D eigenvalue weighted by molar-refractivity contribution is 5.94. The van der Waals surface area contributed by atoms with Crippen LogP contribution in [0.25, 0.3) is 0 Å². The fourth-order valence-corrected chi connectivity index (χ4v) is 2.25. The number of hydrogen-bond donors (Lipinski definition) is 1. The van der Waals surface area contributed by atoms with Gasteiger partial charge in [0.25, 0.3) is 5.91 Å². The van der Waals surface area contributed by atoms with Crippen molar-refractivity contribution in [3.8, 4) is 0 Å². The van der Waals surface area contributed by atoms with Crippen LogP contribution in [0.2, 0.25) is 0 Å². The van der Waals surface area contributed by atoms with Crippen LogP contribution >= 0.6 is 0 Å². The molecule has 0 unspecified atom stereocenters. The monoisotopic (exact) mass is 301 g/mol. The Bertz CT molecular complexity index is 491. The van der Waals surface area contributed by atoms with Gasteiger partial charge in [0.2, 0.25) is 0 Å². The first-order valence-electron chi connectivity index (χ1n) is 6.83. The molecule has 1 heterocycles. The number of carbonyl (C=O) groups excluding carboxylic acids is 1. The Labute approximate surface area is 121 Å². The second kappa shape index (κ2) is 6.05. The number of halogens is 3. The lowest BCUT2D eigenvalue weighted by Crippen LogP contribution is -2.39. The van der Waals surface area contributed by atoms with Crippen molar-refractivity contribution >= 4 is 5.91 Å². The molecule has 2 rings (SSSR count). The summed E-state index contributed by atoms with van der Waals surface area (Å²) in [5, 5.41) is 2.79. The molecule has 0 aromatic heterocycles. The van der Waals surface area contributed by atoms with Crippen molar-refractivity contribution in [3.63, 3.8) is 0 Å². The number of ether oxygens (including phenoxy) is 1. The highest BCUT2D eigenvalue weighted by atomic mass is 19.4. The van der Waals surface area contributed by atoms with E-state index >= 15 is 0 Å². The summed E-state index contributed by atoms with van der Waals surface area (Å²) in [5.74, 6) is -0.351. The molecule has 6 heteroatoms. The predicted molar refractivity (Wildman–Crippen MR) is 71.9 cm³/mol.